The van der Waals surface area contributed by atoms with Crippen LogP contribution in [0.2, 0.25) is 0 Å². The Morgan fingerprint density at radius 2 is 1.79 bits per heavy atom. The number of carboxylic acid groups (broad SMARTS) is 1. The van der Waals surface area contributed by atoms with Crippen molar-refractivity contribution >= 4 is 17.8 Å². The lowest BCUT2D eigenvalue weighted by Gasteiger charge is -2.28. The molecule has 1 aliphatic rings. The quantitative estimate of drug-likeness (QED) is 0.783. The Morgan fingerprint density at radius 1 is 1.17 bits per heavy atom. The number of carbonyl (C=O) groups excluding carboxylic acids is 2. The van der Waals surface area contributed by atoms with Gasteiger partial charge in [-0.2, -0.15) is 0 Å². The summed E-state index contributed by atoms with van der Waals surface area (Å²) in [7, 11) is 0. The van der Waals surface area contributed by atoms with Crippen molar-refractivity contribution in [1.29, 1.82) is 0 Å². The average molecular weight is 398 g/mol. The lowest BCUT2D eigenvalue weighted by molar-refractivity contribution is -0.148. The van der Waals surface area contributed by atoms with E-state index in [9.17, 15) is 23.9 Å². The standard InChI is InChI=1S/C22H23FN2O4/c1-14-3-5-15(6-4-14)12-25-13-16(11-19(25)26)20(27)24-22(2,21(28)29)17-7-9-18(23)10-8-17/h3-10,16H,11-13H2,1-2H3,(H,24,27)(H,28,29). The first-order valence-electron chi connectivity index (χ1n) is 9.34. The minimum absolute atomic E-state index is 0.0246. The summed E-state index contributed by atoms with van der Waals surface area (Å²) in [6, 6.07) is 12.7. The van der Waals surface area contributed by atoms with Gasteiger partial charge in [-0.15, -0.1) is 0 Å². The lowest BCUT2D eigenvalue weighted by Crippen LogP contribution is -2.51. The fourth-order valence-electron chi connectivity index (χ4n) is 3.40. The summed E-state index contributed by atoms with van der Waals surface area (Å²) in [6.45, 7) is 3.95. The number of amides is 2. The molecule has 0 radical (unpaired) electrons. The van der Waals surface area contributed by atoms with Crippen LogP contribution in [-0.2, 0) is 26.5 Å². The van der Waals surface area contributed by atoms with Gasteiger partial charge in [-0.1, -0.05) is 42.0 Å². The van der Waals surface area contributed by atoms with Crippen LogP contribution >= 0.6 is 0 Å². The van der Waals surface area contributed by atoms with Crippen molar-refractivity contribution in [1.82, 2.24) is 10.2 Å². The van der Waals surface area contributed by atoms with Crippen molar-refractivity contribution in [3.8, 4) is 0 Å². The summed E-state index contributed by atoms with van der Waals surface area (Å²) in [6.07, 6.45) is 0.0246. The van der Waals surface area contributed by atoms with E-state index in [2.05, 4.69) is 5.32 Å². The number of hydrogen-bond donors (Lipinski definition) is 2. The molecule has 0 bridgehead atoms. The Bertz CT molecular complexity index is 927. The van der Waals surface area contributed by atoms with Crippen molar-refractivity contribution < 1.29 is 23.9 Å². The van der Waals surface area contributed by atoms with Crippen molar-refractivity contribution in [3.63, 3.8) is 0 Å². The van der Waals surface area contributed by atoms with Gasteiger partial charge in [0.05, 0.1) is 5.92 Å². The molecule has 2 unspecified atom stereocenters. The van der Waals surface area contributed by atoms with Gasteiger partial charge in [0.25, 0.3) is 0 Å². The lowest BCUT2D eigenvalue weighted by atomic mass is 9.91. The average Bonchev–Trinajstić information content (AvgIpc) is 3.04. The molecular formula is C22H23FN2O4. The van der Waals surface area contributed by atoms with Gasteiger partial charge in [-0.3, -0.25) is 9.59 Å². The van der Waals surface area contributed by atoms with Gasteiger partial charge in [-0.25, -0.2) is 9.18 Å². The smallest absolute Gasteiger partial charge is 0.333 e. The molecule has 0 aliphatic carbocycles. The fourth-order valence-corrected chi connectivity index (χ4v) is 3.40. The summed E-state index contributed by atoms with van der Waals surface area (Å²) in [5, 5.41) is 12.2. The van der Waals surface area contributed by atoms with Crippen LogP contribution in [0.25, 0.3) is 0 Å². The number of nitrogens with one attached hydrogen (secondary N) is 1. The van der Waals surface area contributed by atoms with E-state index in [1.165, 1.54) is 19.1 Å². The van der Waals surface area contributed by atoms with E-state index >= 15 is 0 Å². The van der Waals surface area contributed by atoms with Crippen LogP contribution in [0.1, 0.15) is 30.0 Å². The zero-order chi connectivity index (χ0) is 21.2. The first-order valence-corrected chi connectivity index (χ1v) is 9.34. The van der Waals surface area contributed by atoms with Gasteiger partial charge in [0.1, 0.15) is 5.82 Å². The minimum atomic E-state index is -1.72. The van der Waals surface area contributed by atoms with E-state index < -0.39 is 29.2 Å². The van der Waals surface area contributed by atoms with E-state index in [1.807, 2.05) is 31.2 Å². The van der Waals surface area contributed by atoms with E-state index in [1.54, 1.807) is 4.90 Å². The predicted molar refractivity (Wildman–Crippen MR) is 104 cm³/mol. The molecule has 152 valence electrons. The van der Waals surface area contributed by atoms with Crippen LogP contribution in [0.5, 0.6) is 0 Å². The van der Waals surface area contributed by atoms with Gasteiger partial charge in [0.15, 0.2) is 5.54 Å². The maximum atomic E-state index is 13.2. The van der Waals surface area contributed by atoms with Crippen LogP contribution < -0.4 is 5.32 Å². The zero-order valence-electron chi connectivity index (χ0n) is 16.3. The Hall–Kier alpha value is -3.22. The summed E-state index contributed by atoms with van der Waals surface area (Å²) in [4.78, 5) is 38.6. The molecule has 0 saturated carbocycles. The molecule has 29 heavy (non-hydrogen) atoms. The molecule has 0 aromatic heterocycles. The second kappa shape index (κ2) is 8.03. The number of halogens is 1. The highest BCUT2D eigenvalue weighted by Crippen LogP contribution is 2.25. The number of aliphatic carboxylic acids is 1. The molecule has 1 heterocycles. The Balaban J connectivity index is 1.70. The normalized spacial score (nSPS) is 18.4. The Labute approximate surface area is 168 Å². The van der Waals surface area contributed by atoms with Gasteiger partial charge < -0.3 is 15.3 Å². The van der Waals surface area contributed by atoms with E-state index in [0.717, 1.165) is 23.3 Å². The minimum Gasteiger partial charge on any atom is -0.479 e. The Kier molecular flexibility index (Phi) is 5.68. The van der Waals surface area contributed by atoms with Gasteiger partial charge in [0, 0.05) is 19.5 Å². The maximum absolute atomic E-state index is 13.2. The van der Waals surface area contributed by atoms with Gasteiger partial charge in [0.2, 0.25) is 11.8 Å². The highest BCUT2D eigenvalue weighted by Gasteiger charge is 2.41. The number of carboxylic acids is 1. The molecule has 2 aromatic carbocycles. The summed E-state index contributed by atoms with van der Waals surface area (Å²) < 4.78 is 13.2. The largest absolute Gasteiger partial charge is 0.479 e. The second-order valence-electron chi connectivity index (χ2n) is 7.59. The van der Waals surface area contributed by atoms with Crippen LogP contribution in [0, 0.1) is 18.7 Å². The third-order valence-corrected chi connectivity index (χ3v) is 5.30. The molecular weight excluding hydrogens is 375 g/mol. The monoisotopic (exact) mass is 398 g/mol. The van der Waals surface area contributed by atoms with Crippen molar-refractivity contribution in [3.05, 3.63) is 71.0 Å². The SMILES string of the molecule is Cc1ccc(CN2CC(C(=O)NC(C)(C(=O)O)c3ccc(F)cc3)CC2=O)cc1. The van der Waals surface area contributed by atoms with Crippen LogP contribution in [0.4, 0.5) is 4.39 Å². The number of rotatable bonds is 6. The Morgan fingerprint density at radius 3 is 2.38 bits per heavy atom. The third kappa shape index (κ3) is 4.45. The topological polar surface area (TPSA) is 86.7 Å². The highest BCUT2D eigenvalue weighted by atomic mass is 19.1. The number of likely N-dealkylation sites (tertiary alicyclic amines) is 1. The number of aryl methyl sites for hydroxylation is 1. The van der Waals surface area contributed by atoms with E-state index in [4.69, 9.17) is 0 Å². The molecule has 2 aromatic rings. The molecule has 3 rings (SSSR count). The van der Waals surface area contributed by atoms with E-state index in [0.29, 0.717) is 6.54 Å². The van der Waals surface area contributed by atoms with Crippen molar-refractivity contribution in [2.75, 3.05) is 6.54 Å². The maximum Gasteiger partial charge on any atom is 0.333 e. The number of nitrogens with zero attached hydrogens (tertiary/aromatic N) is 1. The molecule has 6 nitrogen and oxygen atoms in total. The number of benzene rings is 2. The first kappa shape index (κ1) is 20.5. The fraction of sp³-hybridized carbons (Fsp3) is 0.318. The predicted octanol–water partition coefficient (Wildman–Crippen LogP) is 2.60. The van der Waals surface area contributed by atoms with Crippen molar-refractivity contribution in [2.24, 2.45) is 5.92 Å². The zero-order valence-corrected chi connectivity index (χ0v) is 16.3. The number of carbonyl (C=O) groups is 3. The molecule has 1 fully saturated rings. The number of hydrogen-bond acceptors (Lipinski definition) is 3. The summed E-state index contributed by atoms with van der Waals surface area (Å²) >= 11 is 0. The van der Waals surface area contributed by atoms with Gasteiger partial charge in [-0.05, 0) is 37.1 Å². The summed E-state index contributed by atoms with van der Waals surface area (Å²) in [5.41, 5.74) is 0.609. The third-order valence-electron chi connectivity index (χ3n) is 5.30. The molecule has 2 N–H and O–H groups in total. The summed E-state index contributed by atoms with van der Waals surface area (Å²) in [5.74, 6) is -3.07. The van der Waals surface area contributed by atoms with E-state index in [-0.39, 0.29) is 24.4 Å². The van der Waals surface area contributed by atoms with Crippen molar-refractivity contribution in [2.45, 2.75) is 32.4 Å². The van der Waals surface area contributed by atoms with Gasteiger partial charge >= 0.3 is 5.97 Å². The molecule has 1 aliphatic heterocycles. The molecule has 0 spiro atoms. The molecule has 1 saturated heterocycles. The molecule has 7 heteroatoms. The highest BCUT2D eigenvalue weighted by molar-refractivity contribution is 5.93. The van der Waals surface area contributed by atoms with Crippen LogP contribution in [0.15, 0.2) is 48.5 Å². The van der Waals surface area contributed by atoms with Crippen LogP contribution in [-0.4, -0.2) is 34.3 Å². The first-order chi connectivity index (χ1) is 13.7. The molecule has 2 amide bonds. The second-order valence-corrected chi connectivity index (χ2v) is 7.59. The van der Waals surface area contributed by atoms with Crippen LogP contribution in [0.3, 0.4) is 0 Å². The molecule has 2 atom stereocenters.